The summed E-state index contributed by atoms with van der Waals surface area (Å²) in [6.45, 7) is 5.52. The monoisotopic (exact) mass is 551 g/mol. The van der Waals surface area contributed by atoms with Gasteiger partial charge in [-0.15, -0.1) is 0 Å². The number of halogens is 3. The molecular formula is C22H20Br3NO. The van der Waals surface area contributed by atoms with E-state index in [9.17, 15) is 0 Å². The van der Waals surface area contributed by atoms with Crippen LogP contribution >= 0.6 is 47.8 Å². The highest BCUT2D eigenvalue weighted by Crippen LogP contribution is 2.35. The van der Waals surface area contributed by atoms with Crippen molar-refractivity contribution in [3.63, 3.8) is 0 Å². The first kappa shape index (κ1) is 20.4. The maximum atomic E-state index is 6.01. The average molecular weight is 554 g/mol. The van der Waals surface area contributed by atoms with Crippen LogP contribution in [0.3, 0.4) is 0 Å². The van der Waals surface area contributed by atoms with Crippen LogP contribution in [0.2, 0.25) is 0 Å². The van der Waals surface area contributed by atoms with Gasteiger partial charge in [0.2, 0.25) is 0 Å². The predicted octanol–water partition coefficient (Wildman–Crippen LogP) is 7.78. The lowest BCUT2D eigenvalue weighted by molar-refractivity contribution is 0.302. The Hall–Kier alpha value is -1.30. The van der Waals surface area contributed by atoms with Gasteiger partial charge in [-0.3, -0.25) is 0 Å². The number of nitrogens with one attached hydrogen (secondary N) is 1. The van der Waals surface area contributed by atoms with Gasteiger partial charge in [0, 0.05) is 16.7 Å². The summed E-state index contributed by atoms with van der Waals surface area (Å²) >= 11 is 10.7. The minimum atomic E-state index is 0.519. The molecule has 0 aliphatic heterocycles. The van der Waals surface area contributed by atoms with Crippen LogP contribution in [-0.2, 0) is 13.2 Å². The molecule has 140 valence electrons. The fraction of sp³-hybridized carbons (Fsp3) is 0.182. The molecule has 0 saturated heterocycles. The molecule has 27 heavy (non-hydrogen) atoms. The van der Waals surface area contributed by atoms with E-state index in [1.807, 2.05) is 24.3 Å². The molecule has 0 amide bonds. The van der Waals surface area contributed by atoms with Gasteiger partial charge in [0.15, 0.2) is 0 Å². The minimum Gasteiger partial charge on any atom is -0.487 e. The Bertz CT molecular complexity index is 916. The van der Waals surface area contributed by atoms with E-state index in [0.29, 0.717) is 6.61 Å². The van der Waals surface area contributed by atoms with Crippen LogP contribution in [0.4, 0.5) is 5.69 Å². The van der Waals surface area contributed by atoms with Crippen molar-refractivity contribution < 1.29 is 4.74 Å². The van der Waals surface area contributed by atoms with Crippen LogP contribution in [0.5, 0.6) is 5.75 Å². The van der Waals surface area contributed by atoms with Gasteiger partial charge in [-0.2, -0.15) is 0 Å². The number of anilines is 1. The first-order chi connectivity index (χ1) is 12.9. The fourth-order valence-electron chi connectivity index (χ4n) is 2.64. The highest BCUT2D eigenvalue weighted by molar-refractivity contribution is 9.11. The molecule has 0 aliphatic rings. The summed E-state index contributed by atoms with van der Waals surface area (Å²) in [5, 5.41) is 3.48. The molecule has 0 aliphatic carbocycles. The Morgan fingerprint density at radius 2 is 1.44 bits per heavy atom. The number of ether oxygens (including phenoxy) is 1. The molecular weight excluding hydrogens is 534 g/mol. The molecule has 0 bridgehead atoms. The Balaban J connectivity index is 1.66. The molecule has 3 rings (SSSR count). The first-order valence-corrected chi connectivity index (χ1v) is 11.0. The number of benzene rings is 3. The first-order valence-electron chi connectivity index (χ1n) is 8.58. The summed E-state index contributed by atoms with van der Waals surface area (Å²) in [5.41, 5.74) is 6.01. The van der Waals surface area contributed by atoms with E-state index in [2.05, 4.69) is 97.3 Å². The van der Waals surface area contributed by atoms with Crippen molar-refractivity contribution in [2.75, 3.05) is 5.32 Å². The van der Waals surface area contributed by atoms with E-state index >= 15 is 0 Å². The predicted molar refractivity (Wildman–Crippen MR) is 124 cm³/mol. The number of hydrogen-bond acceptors (Lipinski definition) is 2. The largest absolute Gasteiger partial charge is 0.487 e. The average Bonchev–Trinajstić information content (AvgIpc) is 2.63. The summed E-state index contributed by atoms with van der Waals surface area (Å²) < 4.78 is 8.95. The summed E-state index contributed by atoms with van der Waals surface area (Å²) in [6, 6.07) is 18.8. The molecule has 0 aromatic heterocycles. The molecule has 0 heterocycles. The van der Waals surface area contributed by atoms with Gasteiger partial charge in [-0.25, -0.2) is 0 Å². The van der Waals surface area contributed by atoms with Crippen LogP contribution in [0.1, 0.15) is 22.3 Å². The van der Waals surface area contributed by atoms with Gasteiger partial charge in [0.05, 0.1) is 8.95 Å². The second-order valence-corrected chi connectivity index (χ2v) is 9.08. The molecule has 2 nitrogen and oxygen atoms in total. The van der Waals surface area contributed by atoms with Crippen molar-refractivity contribution in [3.8, 4) is 5.75 Å². The second-order valence-electron chi connectivity index (χ2n) is 6.46. The standard InChI is InChI=1S/C22H20Br3NO/c1-14-3-8-19(9-15(14)2)26-12-17-10-20(24)22(21(25)11-17)27-13-16-4-6-18(23)7-5-16/h3-11,26H,12-13H2,1-2H3. The van der Waals surface area contributed by atoms with Crippen LogP contribution < -0.4 is 10.1 Å². The van der Waals surface area contributed by atoms with E-state index in [1.54, 1.807) is 0 Å². The molecule has 0 atom stereocenters. The van der Waals surface area contributed by atoms with E-state index in [4.69, 9.17) is 4.74 Å². The molecule has 0 saturated carbocycles. The third-order valence-corrected chi connectivity index (χ3v) is 6.06. The summed E-state index contributed by atoms with van der Waals surface area (Å²) in [7, 11) is 0. The normalized spacial score (nSPS) is 10.7. The molecule has 5 heteroatoms. The highest BCUT2D eigenvalue weighted by atomic mass is 79.9. The SMILES string of the molecule is Cc1ccc(NCc2cc(Br)c(OCc3ccc(Br)cc3)c(Br)c2)cc1C. The van der Waals surface area contributed by atoms with E-state index in [-0.39, 0.29) is 0 Å². The van der Waals surface area contributed by atoms with Gasteiger partial charge in [0.1, 0.15) is 12.4 Å². The molecule has 1 N–H and O–H groups in total. The zero-order chi connectivity index (χ0) is 19.4. The summed E-state index contributed by atoms with van der Waals surface area (Å²) in [6.07, 6.45) is 0. The van der Waals surface area contributed by atoms with Crippen molar-refractivity contribution in [2.24, 2.45) is 0 Å². The van der Waals surface area contributed by atoms with Crippen LogP contribution in [-0.4, -0.2) is 0 Å². The maximum absolute atomic E-state index is 6.01. The Morgan fingerprint density at radius 1 is 0.778 bits per heavy atom. The summed E-state index contributed by atoms with van der Waals surface area (Å²) in [4.78, 5) is 0. The molecule has 0 unspecified atom stereocenters. The van der Waals surface area contributed by atoms with Crippen LogP contribution in [0.25, 0.3) is 0 Å². The highest BCUT2D eigenvalue weighted by Gasteiger charge is 2.10. The zero-order valence-corrected chi connectivity index (χ0v) is 19.9. The van der Waals surface area contributed by atoms with Crippen molar-refractivity contribution in [3.05, 3.63) is 90.3 Å². The fourth-order valence-corrected chi connectivity index (χ4v) is 4.42. The van der Waals surface area contributed by atoms with Crippen molar-refractivity contribution in [1.82, 2.24) is 0 Å². The van der Waals surface area contributed by atoms with Crippen molar-refractivity contribution >= 4 is 53.5 Å². The van der Waals surface area contributed by atoms with Crippen LogP contribution in [0, 0.1) is 13.8 Å². The van der Waals surface area contributed by atoms with Crippen molar-refractivity contribution in [2.45, 2.75) is 27.0 Å². The van der Waals surface area contributed by atoms with Gasteiger partial charge < -0.3 is 10.1 Å². The number of aryl methyl sites for hydroxylation is 2. The lowest BCUT2D eigenvalue weighted by Gasteiger charge is -2.14. The van der Waals surface area contributed by atoms with E-state index < -0.39 is 0 Å². The number of rotatable bonds is 6. The third kappa shape index (κ3) is 5.59. The topological polar surface area (TPSA) is 21.3 Å². The quantitative estimate of drug-likeness (QED) is 0.336. The number of hydrogen-bond donors (Lipinski definition) is 1. The van der Waals surface area contributed by atoms with Gasteiger partial charge >= 0.3 is 0 Å². The molecule has 3 aromatic carbocycles. The smallest absolute Gasteiger partial charge is 0.148 e. The third-order valence-electron chi connectivity index (χ3n) is 4.36. The van der Waals surface area contributed by atoms with Gasteiger partial charge in [0.25, 0.3) is 0 Å². The second kappa shape index (κ2) is 9.26. The molecule has 0 spiro atoms. The van der Waals surface area contributed by atoms with Gasteiger partial charge in [-0.1, -0.05) is 34.1 Å². The molecule has 0 radical (unpaired) electrons. The van der Waals surface area contributed by atoms with E-state index in [1.165, 1.54) is 16.7 Å². The van der Waals surface area contributed by atoms with Crippen molar-refractivity contribution in [1.29, 1.82) is 0 Å². The molecule has 3 aromatic rings. The maximum Gasteiger partial charge on any atom is 0.148 e. The summed E-state index contributed by atoms with van der Waals surface area (Å²) in [5.74, 6) is 0.813. The zero-order valence-electron chi connectivity index (χ0n) is 15.2. The Labute approximate surface area is 185 Å². The Kier molecular flexibility index (Phi) is 7.01. The lowest BCUT2D eigenvalue weighted by atomic mass is 10.1. The Morgan fingerprint density at radius 3 is 2.07 bits per heavy atom. The molecule has 0 fully saturated rings. The lowest BCUT2D eigenvalue weighted by Crippen LogP contribution is -2.02. The minimum absolute atomic E-state index is 0.519. The van der Waals surface area contributed by atoms with Crippen LogP contribution in [0.15, 0.2) is 68.0 Å². The van der Waals surface area contributed by atoms with E-state index in [0.717, 1.165) is 37.0 Å². The van der Waals surface area contributed by atoms with Gasteiger partial charge in [-0.05, 0) is 104 Å².